The predicted molar refractivity (Wildman–Crippen MR) is 114 cm³/mol. The largest absolute Gasteiger partial charge is 0.392 e. The molecule has 3 aliphatic rings. The Labute approximate surface area is 174 Å². The highest BCUT2D eigenvalue weighted by atomic mass is 16.5. The van der Waals surface area contributed by atoms with Gasteiger partial charge in [-0.2, -0.15) is 0 Å². The monoisotopic (exact) mass is 401 g/mol. The number of carbonyl (C=O) groups is 1. The molecule has 1 aromatic rings. The molecule has 3 aliphatic heterocycles. The zero-order chi connectivity index (χ0) is 20.4. The van der Waals surface area contributed by atoms with Crippen molar-refractivity contribution in [1.82, 2.24) is 9.80 Å². The van der Waals surface area contributed by atoms with Crippen molar-refractivity contribution >= 4 is 11.6 Å². The van der Waals surface area contributed by atoms with E-state index in [-0.39, 0.29) is 23.5 Å². The summed E-state index contributed by atoms with van der Waals surface area (Å²) in [6.45, 7) is 5.20. The lowest BCUT2D eigenvalue weighted by molar-refractivity contribution is -0.132. The molecule has 0 radical (unpaired) electrons. The van der Waals surface area contributed by atoms with E-state index in [1.165, 1.54) is 0 Å². The molecule has 0 aromatic heterocycles. The fraction of sp³-hybridized carbons (Fsp3) is 0.696. The van der Waals surface area contributed by atoms with Crippen LogP contribution in [0.25, 0.3) is 0 Å². The van der Waals surface area contributed by atoms with Gasteiger partial charge in [-0.15, -0.1) is 0 Å². The Morgan fingerprint density at radius 3 is 2.55 bits per heavy atom. The van der Waals surface area contributed by atoms with Crippen LogP contribution >= 0.6 is 0 Å². The van der Waals surface area contributed by atoms with Crippen LogP contribution in [0.4, 0.5) is 5.69 Å². The SMILES string of the molecule is CN(C)c1ccc(CC(=O)N2CCC3(CC2)CO[C@H](CN2CC[C@@H](O)C2)C3)cc1. The number of rotatable bonds is 5. The van der Waals surface area contributed by atoms with Crippen LogP contribution in [0.2, 0.25) is 0 Å². The topological polar surface area (TPSA) is 56.2 Å². The van der Waals surface area contributed by atoms with E-state index in [2.05, 4.69) is 34.1 Å². The molecule has 3 heterocycles. The average Bonchev–Trinajstić information content (AvgIpc) is 3.29. The van der Waals surface area contributed by atoms with Crippen LogP contribution in [-0.4, -0.2) is 86.4 Å². The number of aliphatic hydroxyl groups is 1. The molecule has 6 nitrogen and oxygen atoms in total. The Kier molecular flexibility index (Phi) is 6.13. The van der Waals surface area contributed by atoms with Gasteiger partial charge >= 0.3 is 0 Å². The van der Waals surface area contributed by atoms with Gasteiger partial charge in [-0.25, -0.2) is 0 Å². The van der Waals surface area contributed by atoms with Crippen molar-refractivity contribution < 1.29 is 14.6 Å². The third-order valence-electron chi connectivity index (χ3n) is 6.98. The van der Waals surface area contributed by atoms with Gasteiger partial charge in [0.25, 0.3) is 0 Å². The van der Waals surface area contributed by atoms with Crippen LogP contribution in [-0.2, 0) is 16.0 Å². The lowest BCUT2D eigenvalue weighted by Gasteiger charge is -2.38. The molecule has 160 valence electrons. The van der Waals surface area contributed by atoms with Crippen molar-refractivity contribution in [1.29, 1.82) is 0 Å². The zero-order valence-corrected chi connectivity index (χ0v) is 17.8. The lowest BCUT2D eigenvalue weighted by atomic mass is 9.76. The van der Waals surface area contributed by atoms with Gasteiger partial charge in [-0.1, -0.05) is 12.1 Å². The molecule has 3 saturated heterocycles. The molecule has 29 heavy (non-hydrogen) atoms. The fourth-order valence-electron chi connectivity index (χ4n) is 5.06. The Hall–Kier alpha value is -1.63. The van der Waals surface area contributed by atoms with Crippen LogP contribution in [0.15, 0.2) is 24.3 Å². The molecular weight excluding hydrogens is 366 g/mol. The summed E-state index contributed by atoms with van der Waals surface area (Å²) in [5, 5.41) is 9.72. The second kappa shape index (κ2) is 8.62. The number of β-amino-alcohol motifs (C(OH)–C–C–N with tert-alkyl or cyclic N) is 1. The number of piperidine rings is 1. The zero-order valence-electron chi connectivity index (χ0n) is 17.8. The maximum absolute atomic E-state index is 12.8. The number of ether oxygens (including phenoxy) is 1. The fourth-order valence-corrected chi connectivity index (χ4v) is 5.06. The van der Waals surface area contributed by atoms with Gasteiger partial charge in [-0.3, -0.25) is 9.69 Å². The summed E-state index contributed by atoms with van der Waals surface area (Å²) in [6.07, 6.45) is 4.64. The minimum Gasteiger partial charge on any atom is -0.392 e. The van der Waals surface area contributed by atoms with Crippen molar-refractivity contribution in [3.8, 4) is 0 Å². The van der Waals surface area contributed by atoms with Gasteiger partial charge in [-0.05, 0) is 48.8 Å². The summed E-state index contributed by atoms with van der Waals surface area (Å²) < 4.78 is 6.13. The van der Waals surface area contributed by atoms with Crippen LogP contribution < -0.4 is 4.90 Å². The van der Waals surface area contributed by atoms with Crippen LogP contribution in [0.1, 0.15) is 31.2 Å². The normalized spacial score (nSPS) is 26.9. The van der Waals surface area contributed by atoms with Crippen molar-refractivity contribution in [3.63, 3.8) is 0 Å². The Bertz CT molecular complexity index is 698. The van der Waals surface area contributed by atoms with Gasteiger partial charge in [0.2, 0.25) is 5.91 Å². The third-order valence-corrected chi connectivity index (χ3v) is 6.98. The minimum atomic E-state index is -0.168. The van der Waals surface area contributed by atoms with Crippen LogP contribution in [0, 0.1) is 5.41 Å². The summed E-state index contributed by atoms with van der Waals surface area (Å²) in [6, 6.07) is 8.26. The first-order valence-corrected chi connectivity index (χ1v) is 11.0. The third kappa shape index (κ3) is 4.93. The van der Waals surface area contributed by atoms with Gasteiger partial charge in [0.1, 0.15) is 0 Å². The minimum absolute atomic E-state index is 0.168. The van der Waals surface area contributed by atoms with E-state index in [0.717, 1.165) is 76.3 Å². The van der Waals surface area contributed by atoms with E-state index in [1.54, 1.807) is 0 Å². The van der Waals surface area contributed by atoms with Crippen LogP contribution in [0.5, 0.6) is 0 Å². The summed E-state index contributed by atoms with van der Waals surface area (Å²) >= 11 is 0. The summed E-state index contributed by atoms with van der Waals surface area (Å²) in [7, 11) is 4.05. The summed E-state index contributed by atoms with van der Waals surface area (Å²) in [5.74, 6) is 0.235. The predicted octanol–water partition coefficient (Wildman–Crippen LogP) is 1.76. The van der Waals surface area contributed by atoms with E-state index >= 15 is 0 Å². The average molecular weight is 402 g/mol. The quantitative estimate of drug-likeness (QED) is 0.815. The molecule has 1 aromatic carbocycles. The van der Waals surface area contributed by atoms with Crippen molar-refractivity contribution in [2.45, 2.75) is 44.3 Å². The van der Waals surface area contributed by atoms with Crippen molar-refractivity contribution in [3.05, 3.63) is 29.8 Å². The molecule has 0 saturated carbocycles. The lowest BCUT2D eigenvalue weighted by Crippen LogP contribution is -2.44. The number of aliphatic hydroxyl groups excluding tert-OH is 1. The van der Waals surface area contributed by atoms with E-state index in [0.29, 0.717) is 6.42 Å². The maximum atomic E-state index is 12.8. The number of hydrogen-bond acceptors (Lipinski definition) is 5. The molecule has 2 atom stereocenters. The number of carbonyl (C=O) groups excluding carboxylic acids is 1. The first-order chi connectivity index (χ1) is 13.9. The molecule has 6 heteroatoms. The molecule has 1 amide bonds. The van der Waals surface area contributed by atoms with E-state index in [4.69, 9.17) is 4.74 Å². The van der Waals surface area contributed by atoms with Crippen molar-refractivity contribution in [2.75, 3.05) is 58.3 Å². The number of nitrogens with zero attached hydrogens (tertiary/aromatic N) is 3. The molecule has 3 fully saturated rings. The van der Waals surface area contributed by atoms with Crippen molar-refractivity contribution in [2.24, 2.45) is 5.41 Å². The number of likely N-dealkylation sites (tertiary alicyclic amines) is 2. The number of amides is 1. The first-order valence-electron chi connectivity index (χ1n) is 11.0. The molecule has 4 rings (SSSR count). The molecule has 1 N–H and O–H groups in total. The highest BCUT2D eigenvalue weighted by molar-refractivity contribution is 5.79. The molecule has 0 aliphatic carbocycles. The summed E-state index contributed by atoms with van der Waals surface area (Å²) in [5.41, 5.74) is 2.48. The Morgan fingerprint density at radius 1 is 1.21 bits per heavy atom. The first kappa shape index (κ1) is 20.6. The second-order valence-corrected chi connectivity index (χ2v) is 9.46. The molecule has 0 bridgehead atoms. The van der Waals surface area contributed by atoms with Gasteiger partial charge in [0, 0.05) is 52.5 Å². The highest BCUT2D eigenvalue weighted by Gasteiger charge is 2.43. The Balaban J connectivity index is 1.24. The standard InChI is InChI=1S/C23H35N3O3/c1-24(2)19-5-3-18(4-6-19)13-22(28)26-11-8-23(9-12-26)14-21(29-17-23)16-25-10-7-20(27)15-25/h3-6,20-21,27H,7-17H2,1-2H3/t20-,21+/m1/s1. The Morgan fingerprint density at radius 2 is 1.93 bits per heavy atom. The number of anilines is 1. The molecular formula is C23H35N3O3. The smallest absolute Gasteiger partial charge is 0.226 e. The molecule has 1 spiro atoms. The van der Waals surface area contributed by atoms with Gasteiger partial charge in [0.15, 0.2) is 0 Å². The van der Waals surface area contributed by atoms with Crippen LogP contribution in [0.3, 0.4) is 0 Å². The summed E-state index contributed by atoms with van der Waals surface area (Å²) in [4.78, 5) is 19.2. The molecule has 0 unspecified atom stereocenters. The van der Waals surface area contributed by atoms with E-state index in [1.807, 2.05) is 19.0 Å². The number of benzene rings is 1. The van der Waals surface area contributed by atoms with Gasteiger partial charge in [0.05, 0.1) is 25.2 Å². The van der Waals surface area contributed by atoms with E-state index in [9.17, 15) is 9.90 Å². The van der Waals surface area contributed by atoms with E-state index < -0.39 is 0 Å². The second-order valence-electron chi connectivity index (χ2n) is 9.46. The van der Waals surface area contributed by atoms with Gasteiger partial charge < -0.3 is 19.6 Å². The maximum Gasteiger partial charge on any atom is 0.226 e. The highest BCUT2D eigenvalue weighted by Crippen LogP contribution is 2.42. The number of hydrogen-bond donors (Lipinski definition) is 1.